The molecule has 2 aromatic heterocycles. The van der Waals surface area contributed by atoms with Crippen LogP contribution in [-0.2, 0) is 0 Å². The molecule has 2 aromatic rings. The summed E-state index contributed by atoms with van der Waals surface area (Å²) < 4.78 is 0. The molecular formula is C12H13N3OS. The molecule has 5 heteroatoms. The number of hydrogen-bond donors (Lipinski definition) is 1. The van der Waals surface area contributed by atoms with Crippen LogP contribution in [0.1, 0.15) is 40.8 Å². The Morgan fingerprint density at radius 3 is 2.82 bits per heavy atom. The lowest BCUT2D eigenvalue weighted by Gasteiger charge is -1.99. The predicted octanol–water partition coefficient (Wildman–Crippen LogP) is 2.47. The molecule has 0 amide bonds. The second-order valence-electron chi connectivity index (χ2n) is 4.03. The van der Waals surface area contributed by atoms with Gasteiger partial charge in [-0.15, -0.1) is 11.3 Å². The molecule has 2 heterocycles. The van der Waals surface area contributed by atoms with Gasteiger partial charge >= 0.3 is 0 Å². The van der Waals surface area contributed by atoms with Crippen LogP contribution in [0.25, 0.3) is 0 Å². The highest BCUT2D eigenvalue weighted by molar-refractivity contribution is 7.12. The molecule has 0 atom stereocenters. The Bertz CT molecular complexity index is 548. The Morgan fingerprint density at radius 2 is 2.24 bits per heavy atom. The monoisotopic (exact) mass is 247 g/mol. The number of aromatic nitrogens is 2. The molecule has 0 radical (unpaired) electrons. The number of rotatable bonds is 3. The second-order valence-corrected chi connectivity index (χ2v) is 4.89. The van der Waals surface area contributed by atoms with Crippen LogP contribution < -0.4 is 5.73 Å². The molecule has 17 heavy (non-hydrogen) atoms. The van der Waals surface area contributed by atoms with E-state index in [1.54, 1.807) is 12.1 Å². The Balaban J connectivity index is 2.30. The zero-order valence-electron chi connectivity index (χ0n) is 9.68. The second kappa shape index (κ2) is 4.63. The average molecular weight is 247 g/mol. The average Bonchev–Trinajstić information content (AvgIpc) is 2.77. The summed E-state index contributed by atoms with van der Waals surface area (Å²) in [4.78, 5) is 20.3. The number of carbonyl (C=O) groups excluding carboxylic acids is 1. The number of nitrogens with zero attached hydrogens (tertiary/aromatic N) is 2. The highest BCUT2D eigenvalue weighted by Gasteiger charge is 2.15. The Labute approximate surface area is 104 Å². The van der Waals surface area contributed by atoms with E-state index in [9.17, 15) is 4.79 Å². The van der Waals surface area contributed by atoms with Crippen LogP contribution >= 0.6 is 11.3 Å². The predicted molar refractivity (Wildman–Crippen MR) is 68.3 cm³/mol. The van der Waals surface area contributed by atoms with Crippen molar-refractivity contribution in [2.24, 2.45) is 0 Å². The van der Waals surface area contributed by atoms with Crippen LogP contribution in [0.15, 0.2) is 23.7 Å². The quantitative estimate of drug-likeness (QED) is 0.846. The maximum absolute atomic E-state index is 12.1. The van der Waals surface area contributed by atoms with Crippen LogP contribution in [0.2, 0.25) is 0 Å². The molecule has 0 aliphatic carbocycles. The number of carbonyl (C=O) groups is 1. The molecule has 2 N–H and O–H groups in total. The molecule has 2 rings (SSSR count). The minimum Gasteiger partial charge on any atom is -0.384 e. The number of pyridine rings is 1. The molecule has 0 aliphatic rings. The van der Waals surface area contributed by atoms with Gasteiger partial charge in [-0.3, -0.25) is 4.79 Å². The third-order valence-electron chi connectivity index (χ3n) is 2.35. The summed E-state index contributed by atoms with van der Waals surface area (Å²) in [5.74, 6) is 0.572. The molecule has 0 fully saturated rings. The summed E-state index contributed by atoms with van der Waals surface area (Å²) in [5.41, 5.74) is 7.02. The van der Waals surface area contributed by atoms with Crippen LogP contribution in [0.3, 0.4) is 0 Å². The van der Waals surface area contributed by atoms with Crippen LogP contribution in [0.4, 0.5) is 5.82 Å². The molecule has 0 saturated carbocycles. The fourth-order valence-electron chi connectivity index (χ4n) is 1.37. The van der Waals surface area contributed by atoms with Gasteiger partial charge in [-0.05, 0) is 18.1 Å². The Hall–Kier alpha value is -1.75. The third kappa shape index (κ3) is 2.50. The van der Waals surface area contributed by atoms with Gasteiger partial charge < -0.3 is 5.73 Å². The number of ketones is 1. The van der Waals surface area contributed by atoms with Gasteiger partial charge in [0.1, 0.15) is 5.82 Å². The summed E-state index contributed by atoms with van der Waals surface area (Å²) in [5, 5.41) is 2.42. The molecule has 0 aromatic carbocycles. The summed E-state index contributed by atoms with van der Waals surface area (Å²) >= 11 is 1.36. The van der Waals surface area contributed by atoms with Gasteiger partial charge in [0.2, 0.25) is 5.78 Å². The van der Waals surface area contributed by atoms with E-state index in [1.807, 2.05) is 19.2 Å². The minimum atomic E-state index is -0.101. The van der Waals surface area contributed by atoms with E-state index in [2.05, 4.69) is 9.97 Å². The Morgan fingerprint density at radius 1 is 1.47 bits per heavy atom. The minimum absolute atomic E-state index is 0.101. The number of nitrogens with two attached hydrogens (primary N) is 1. The fraction of sp³-hybridized carbons (Fsp3) is 0.250. The molecule has 0 aliphatic heterocycles. The summed E-state index contributed by atoms with van der Waals surface area (Å²) in [6.45, 7) is 4.10. The molecular weight excluding hydrogens is 234 g/mol. The van der Waals surface area contributed by atoms with E-state index in [-0.39, 0.29) is 5.78 Å². The SMILES string of the molecule is CC(C)c1csc(C(=O)c2ccnc(N)c2)n1. The van der Waals surface area contributed by atoms with Crippen molar-refractivity contribution < 1.29 is 4.79 Å². The van der Waals surface area contributed by atoms with Crippen molar-refractivity contribution in [2.45, 2.75) is 19.8 Å². The lowest BCUT2D eigenvalue weighted by atomic mass is 10.1. The number of nitrogen functional groups attached to an aromatic ring is 1. The maximum atomic E-state index is 12.1. The summed E-state index contributed by atoms with van der Waals surface area (Å²) in [6.07, 6.45) is 1.53. The van der Waals surface area contributed by atoms with Crippen LogP contribution in [0.5, 0.6) is 0 Å². The van der Waals surface area contributed by atoms with Crippen molar-refractivity contribution in [1.29, 1.82) is 0 Å². The molecule has 0 bridgehead atoms. The van der Waals surface area contributed by atoms with Gasteiger partial charge in [-0.25, -0.2) is 9.97 Å². The highest BCUT2D eigenvalue weighted by atomic mass is 32.1. The van der Waals surface area contributed by atoms with Crippen LogP contribution in [0, 0.1) is 0 Å². The van der Waals surface area contributed by atoms with Gasteiger partial charge in [0.25, 0.3) is 0 Å². The number of hydrogen-bond acceptors (Lipinski definition) is 5. The Kier molecular flexibility index (Phi) is 3.19. The molecule has 0 unspecified atom stereocenters. The van der Waals surface area contributed by atoms with Crippen molar-refractivity contribution in [3.63, 3.8) is 0 Å². The van der Waals surface area contributed by atoms with Crippen molar-refractivity contribution in [2.75, 3.05) is 5.73 Å². The van der Waals surface area contributed by atoms with Gasteiger partial charge in [-0.2, -0.15) is 0 Å². The first-order valence-electron chi connectivity index (χ1n) is 5.29. The largest absolute Gasteiger partial charge is 0.384 e. The smallest absolute Gasteiger partial charge is 0.221 e. The van der Waals surface area contributed by atoms with E-state index >= 15 is 0 Å². The van der Waals surface area contributed by atoms with E-state index in [1.165, 1.54) is 17.5 Å². The summed E-state index contributed by atoms with van der Waals surface area (Å²) in [6, 6.07) is 3.22. The topological polar surface area (TPSA) is 68.9 Å². The van der Waals surface area contributed by atoms with Crippen molar-refractivity contribution >= 4 is 22.9 Å². The maximum Gasteiger partial charge on any atom is 0.221 e. The lowest BCUT2D eigenvalue weighted by Crippen LogP contribution is -2.03. The van der Waals surface area contributed by atoms with Gasteiger partial charge in [-0.1, -0.05) is 13.8 Å². The first kappa shape index (κ1) is 11.7. The molecule has 0 spiro atoms. The van der Waals surface area contributed by atoms with Gasteiger partial charge in [0.15, 0.2) is 5.01 Å². The molecule has 88 valence electrons. The van der Waals surface area contributed by atoms with Gasteiger partial charge in [0.05, 0.1) is 5.69 Å². The van der Waals surface area contributed by atoms with Gasteiger partial charge in [0, 0.05) is 17.1 Å². The van der Waals surface area contributed by atoms with Crippen molar-refractivity contribution in [3.8, 4) is 0 Å². The fourth-order valence-corrected chi connectivity index (χ4v) is 2.31. The normalized spacial score (nSPS) is 10.8. The van der Waals surface area contributed by atoms with Crippen LogP contribution in [-0.4, -0.2) is 15.8 Å². The third-order valence-corrected chi connectivity index (χ3v) is 3.21. The number of anilines is 1. The molecule has 0 saturated heterocycles. The van der Waals surface area contributed by atoms with E-state index in [4.69, 9.17) is 5.73 Å². The highest BCUT2D eigenvalue weighted by Crippen LogP contribution is 2.20. The van der Waals surface area contributed by atoms with E-state index in [0.717, 1.165) is 5.69 Å². The van der Waals surface area contributed by atoms with E-state index < -0.39 is 0 Å². The standard InChI is InChI=1S/C12H13N3OS/c1-7(2)9-6-17-12(15-9)11(16)8-3-4-14-10(13)5-8/h3-7H,1-2H3,(H2,13,14). The van der Waals surface area contributed by atoms with Crippen molar-refractivity contribution in [3.05, 3.63) is 40.0 Å². The zero-order chi connectivity index (χ0) is 12.4. The zero-order valence-corrected chi connectivity index (χ0v) is 10.5. The van der Waals surface area contributed by atoms with Crippen molar-refractivity contribution in [1.82, 2.24) is 9.97 Å². The first-order chi connectivity index (χ1) is 8.08. The van der Waals surface area contributed by atoms with E-state index in [0.29, 0.717) is 22.3 Å². The molecule has 4 nitrogen and oxygen atoms in total. The first-order valence-corrected chi connectivity index (χ1v) is 6.17. The number of thiazole rings is 1. The lowest BCUT2D eigenvalue weighted by molar-refractivity contribution is 0.103. The summed E-state index contributed by atoms with van der Waals surface area (Å²) in [7, 11) is 0.